The maximum atomic E-state index is 10.5. The SMILES string of the molecule is CCC(CC)CN(CC)Cc1ccc(C=O)o1. The first kappa shape index (κ1) is 14.0. The smallest absolute Gasteiger partial charge is 0.185 e. The highest BCUT2D eigenvalue weighted by Crippen LogP contribution is 2.14. The van der Waals surface area contributed by atoms with Crippen LogP contribution in [0.2, 0.25) is 0 Å². The van der Waals surface area contributed by atoms with E-state index < -0.39 is 0 Å². The van der Waals surface area contributed by atoms with Crippen molar-refractivity contribution in [2.75, 3.05) is 13.1 Å². The highest BCUT2D eigenvalue weighted by atomic mass is 16.3. The molecule has 0 aliphatic heterocycles. The number of hydrogen-bond acceptors (Lipinski definition) is 3. The van der Waals surface area contributed by atoms with Crippen LogP contribution in [0.15, 0.2) is 16.5 Å². The molecule has 0 atom stereocenters. The van der Waals surface area contributed by atoms with E-state index in [9.17, 15) is 4.79 Å². The van der Waals surface area contributed by atoms with Crippen molar-refractivity contribution in [3.8, 4) is 0 Å². The lowest BCUT2D eigenvalue weighted by molar-refractivity contribution is 0.109. The Hall–Kier alpha value is -1.09. The Morgan fingerprint density at radius 2 is 2.00 bits per heavy atom. The van der Waals surface area contributed by atoms with Gasteiger partial charge in [-0.25, -0.2) is 0 Å². The third kappa shape index (κ3) is 4.35. The molecular weight excluding hydrogens is 214 g/mol. The quantitative estimate of drug-likeness (QED) is 0.650. The molecule has 0 saturated carbocycles. The summed E-state index contributed by atoms with van der Waals surface area (Å²) in [6.07, 6.45) is 3.18. The fourth-order valence-corrected chi connectivity index (χ4v) is 1.98. The number of nitrogens with zero attached hydrogens (tertiary/aromatic N) is 1. The van der Waals surface area contributed by atoms with Crippen LogP contribution in [0.25, 0.3) is 0 Å². The number of carbonyl (C=O) groups excluding carboxylic acids is 1. The molecule has 17 heavy (non-hydrogen) atoms. The highest BCUT2D eigenvalue weighted by molar-refractivity contribution is 5.70. The first-order valence-electron chi connectivity index (χ1n) is 6.49. The maximum absolute atomic E-state index is 10.5. The first-order valence-corrected chi connectivity index (χ1v) is 6.49. The van der Waals surface area contributed by atoms with Gasteiger partial charge in [0, 0.05) is 6.54 Å². The molecule has 3 heteroatoms. The number of hydrogen-bond donors (Lipinski definition) is 0. The van der Waals surface area contributed by atoms with E-state index in [0.717, 1.165) is 37.6 Å². The van der Waals surface area contributed by atoms with Crippen LogP contribution < -0.4 is 0 Å². The van der Waals surface area contributed by atoms with Gasteiger partial charge in [-0.3, -0.25) is 9.69 Å². The zero-order valence-electron chi connectivity index (χ0n) is 11.1. The molecule has 0 radical (unpaired) electrons. The minimum atomic E-state index is 0.415. The zero-order valence-corrected chi connectivity index (χ0v) is 11.1. The Morgan fingerprint density at radius 1 is 1.29 bits per heavy atom. The van der Waals surface area contributed by atoms with Gasteiger partial charge in [0.1, 0.15) is 5.76 Å². The predicted octanol–water partition coefficient (Wildman–Crippen LogP) is 3.35. The Kier molecular flexibility index (Phi) is 5.98. The van der Waals surface area contributed by atoms with E-state index in [2.05, 4.69) is 25.7 Å². The van der Waals surface area contributed by atoms with Crippen LogP contribution in [0.4, 0.5) is 0 Å². The summed E-state index contributed by atoms with van der Waals surface area (Å²) in [6.45, 7) is 9.53. The third-order valence-corrected chi connectivity index (χ3v) is 3.30. The van der Waals surface area contributed by atoms with Crippen LogP contribution in [0.3, 0.4) is 0 Å². The van der Waals surface area contributed by atoms with Gasteiger partial charge in [-0.2, -0.15) is 0 Å². The average Bonchev–Trinajstić information content (AvgIpc) is 2.82. The largest absolute Gasteiger partial charge is 0.457 e. The van der Waals surface area contributed by atoms with Gasteiger partial charge >= 0.3 is 0 Å². The molecule has 1 aromatic heterocycles. The molecule has 0 aromatic carbocycles. The molecule has 3 nitrogen and oxygen atoms in total. The standard InChI is InChI=1S/C14H23NO2/c1-4-12(5-2)9-15(6-3)10-13-7-8-14(11-16)17-13/h7-8,11-12H,4-6,9-10H2,1-3H3. The van der Waals surface area contributed by atoms with Crippen molar-refractivity contribution >= 4 is 6.29 Å². The Bertz CT molecular complexity index is 329. The fourth-order valence-electron chi connectivity index (χ4n) is 1.98. The van der Waals surface area contributed by atoms with Gasteiger partial charge in [0.25, 0.3) is 0 Å². The summed E-state index contributed by atoms with van der Waals surface area (Å²) in [6, 6.07) is 3.62. The topological polar surface area (TPSA) is 33.5 Å². The number of furan rings is 1. The Morgan fingerprint density at radius 3 is 2.47 bits per heavy atom. The van der Waals surface area contributed by atoms with Crippen LogP contribution in [0.5, 0.6) is 0 Å². The summed E-state index contributed by atoms with van der Waals surface area (Å²) >= 11 is 0. The van der Waals surface area contributed by atoms with Crippen LogP contribution in [-0.4, -0.2) is 24.3 Å². The van der Waals surface area contributed by atoms with Gasteiger partial charge < -0.3 is 4.42 Å². The molecule has 0 aliphatic rings. The lowest BCUT2D eigenvalue weighted by Crippen LogP contribution is -2.28. The lowest BCUT2D eigenvalue weighted by atomic mass is 10.0. The summed E-state index contributed by atoms with van der Waals surface area (Å²) < 4.78 is 5.40. The van der Waals surface area contributed by atoms with E-state index in [4.69, 9.17) is 4.42 Å². The second-order valence-corrected chi connectivity index (χ2v) is 4.43. The minimum absolute atomic E-state index is 0.415. The van der Waals surface area contributed by atoms with Gasteiger partial charge in [0.2, 0.25) is 0 Å². The van der Waals surface area contributed by atoms with Crippen molar-refractivity contribution in [2.45, 2.75) is 40.2 Å². The second-order valence-electron chi connectivity index (χ2n) is 4.43. The van der Waals surface area contributed by atoms with E-state index in [-0.39, 0.29) is 0 Å². The monoisotopic (exact) mass is 237 g/mol. The highest BCUT2D eigenvalue weighted by Gasteiger charge is 2.12. The summed E-state index contributed by atoms with van der Waals surface area (Å²) in [7, 11) is 0. The average molecular weight is 237 g/mol. The molecule has 1 heterocycles. The molecule has 0 spiro atoms. The van der Waals surface area contributed by atoms with E-state index in [0.29, 0.717) is 5.76 Å². The van der Waals surface area contributed by atoms with Crippen molar-refractivity contribution in [3.63, 3.8) is 0 Å². The second kappa shape index (κ2) is 7.28. The summed E-state index contributed by atoms with van der Waals surface area (Å²) in [5.41, 5.74) is 0. The zero-order chi connectivity index (χ0) is 12.7. The normalized spacial score (nSPS) is 11.4. The lowest BCUT2D eigenvalue weighted by Gasteiger charge is -2.24. The van der Waals surface area contributed by atoms with Gasteiger partial charge in [-0.05, 0) is 24.6 Å². The van der Waals surface area contributed by atoms with Crippen LogP contribution >= 0.6 is 0 Å². The van der Waals surface area contributed by atoms with Crippen molar-refractivity contribution in [2.24, 2.45) is 5.92 Å². The fraction of sp³-hybridized carbons (Fsp3) is 0.643. The number of rotatable bonds is 8. The van der Waals surface area contributed by atoms with Crippen molar-refractivity contribution in [3.05, 3.63) is 23.7 Å². The molecule has 0 bridgehead atoms. The maximum Gasteiger partial charge on any atom is 0.185 e. The predicted molar refractivity (Wildman–Crippen MR) is 69.1 cm³/mol. The molecule has 0 fully saturated rings. The van der Waals surface area contributed by atoms with Gasteiger partial charge in [0.05, 0.1) is 6.54 Å². The molecule has 0 saturated heterocycles. The first-order chi connectivity index (χ1) is 8.23. The Labute approximate surface area is 104 Å². The number of aldehydes is 1. The molecule has 1 rings (SSSR count). The summed E-state index contributed by atoms with van der Waals surface area (Å²) in [5.74, 6) is 2.04. The van der Waals surface area contributed by atoms with Crippen molar-refractivity contribution in [1.29, 1.82) is 0 Å². The van der Waals surface area contributed by atoms with E-state index in [1.165, 1.54) is 12.8 Å². The molecule has 0 amide bonds. The van der Waals surface area contributed by atoms with Crippen LogP contribution in [0.1, 0.15) is 49.9 Å². The van der Waals surface area contributed by atoms with Gasteiger partial charge in [-0.1, -0.05) is 33.6 Å². The van der Waals surface area contributed by atoms with E-state index in [1.807, 2.05) is 6.07 Å². The number of carbonyl (C=O) groups is 1. The van der Waals surface area contributed by atoms with Gasteiger partial charge in [-0.15, -0.1) is 0 Å². The molecule has 96 valence electrons. The van der Waals surface area contributed by atoms with Gasteiger partial charge in [0.15, 0.2) is 12.0 Å². The van der Waals surface area contributed by atoms with E-state index >= 15 is 0 Å². The van der Waals surface area contributed by atoms with E-state index in [1.54, 1.807) is 6.07 Å². The van der Waals surface area contributed by atoms with Crippen molar-refractivity contribution < 1.29 is 9.21 Å². The molecule has 0 N–H and O–H groups in total. The third-order valence-electron chi connectivity index (χ3n) is 3.30. The van der Waals surface area contributed by atoms with Crippen LogP contribution in [0, 0.1) is 5.92 Å². The Balaban J connectivity index is 2.53. The van der Waals surface area contributed by atoms with Crippen LogP contribution in [-0.2, 0) is 6.54 Å². The molecular formula is C14H23NO2. The molecule has 1 aromatic rings. The molecule has 0 aliphatic carbocycles. The minimum Gasteiger partial charge on any atom is -0.457 e. The summed E-state index contributed by atoms with van der Waals surface area (Å²) in [4.78, 5) is 12.9. The van der Waals surface area contributed by atoms with Crippen molar-refractivity contribution in [1.82, 2.24) is 4.90 Å². The molecule has 0 unspecified atom stereocenters. The summed E-state index contributed by atoms with van der Waals surface area (Å²) in [5, 5.41) is 0.